The molecule has 30 heavy (non-hydrogen) atoms. The topological polar surface area (TPSA) is 87.5 Å². The molecule has 2 aromatic rings. The van der Waals surface area contributed by atoms with E-state index in [0.29, 0.717) is 18.7 Å². The fraction of sp³-hybridized carbons (Fsp3) is 0.364. The Kier molecular flexibility index (Phi) is 6.78. The minimum absolute atomic E-state index is 0.0232. The predicted octanol–water partition coefficient (Wildman–Crippen LogP) is 2.15. The van der Waals surface area contributed by atoms with Crippen LogP contribution in [0.4, 0.5) is 10.1 Å². The number of sulfonamides is 1. The van der Waals surface area contributed by atoms with E-state index in [9.17, 15) is 12.8 Å². The van der Waals surface area contributed by atoms with E-state index >= 15 is 0 Å². The van der Waals surface area contributed by atoms with Crippen LogP contribution in [0.5, 0.6) is 0 Å². The molecule has 0 saturated carbocycles. The minimum Gasteiger partial charge on any atom is -0.377 e. The van der Waals surface area contributed by atoms with Gasteiger partial charge < -0.3 is 10.6 Å². The molecular weight excluding hydrogens is 403 g/mol. The number of rotatable bonds is 6. The normalized spacial score (nSPS) is 18.6. The van der Waals surface area contributed by atoms with Crippen LogP contribution in [-0.4, -0.2) is 45.5 Å². The molecule has 6 nitrogen and oxygen atoms in total. The zero-order valence-electron chi connectivity index (χ0n) is 17.2. The second-order valence-electron chi connectivity index (χ2n) is 7.66. The van der Waals surface area contributed by atoms with Gasteiger partial charge in [0.25, 0.3) is 0 Å². The lowest BCUT2D eigenvalue weighted by Gasteiger charge is -2.34. The molecule has 160 valence electrons. The van der Waals surface area contributed by atoms with Crippen molar-refractivity contribution in [3.8, 4) is 12.3 Å². The van der Waals surface area contributed by atoms with Crippen molar-refractivity contribution in [3.63, 3.8) is 0 Å². The van der Waals surface area contributed by atoms with Gasteiger partial charge in [-0.2, -0.15) is 0 Å². The van der Waals surface area contributed by atoms with Crippen molar-refractivity contribution in [3.05, 3.63) is 58.9 Å². The summed E-state index contributed by atoms with van der Waals surface area (Å²) in [5.74, 6) is 2.48. The van der Waals surface area contributed by atoms with Crippen molar-refractivity contribution in [1.82, 2.24) is 10.2 Å². The molecule has 0 bridgehead atoms. The summed E-state index contributed by atoms with van der Waals surface area (Å²) < 4.78 is 37.5. The first-order valence-corrected chi connectivity index (χ1v) is 11.3. The van der Waals surface area contributed by atoms with Crippen molar-refractivity contribution in [2.45, 2.75) is 30.8 Å². The van der Waals surface area contributed by atoms with Gasteiger partial charge in [0.15, 0.2) is 0 Å². The number of aryl methyl sites for hydroxylation is 2. The highest BCUT2D eigenvalue weighted by Gasteiger charge is 2.23. The third-order valence-electron chi connectivity index (χ3n) is 5.36. The molecular formula is C22H27FN4O2S. The predicted molar refractivity (Wildman–Crippen MR) is 117 cm³/mol. The number of piperazine rings is 1. The van der Waals surface area contributed by atoms with Crippen LogP contribution in [0.15, 0.2) is 41.3 Å². The summed E-state index contributed by atoms with van der Waals surface area (Å²) >= 11 is 0. The summed E-state index contributed by atoms with van der Waals surface area (Å²) in [5, 5.41) is 12.0. The van der Waals surface area contributed by atoms with Crippen molar-refractivity contribution < 1.29 is 12.8 Å². The van der Waals surface area contributed by atoms with Gasteiger partial charge in [0.05, 0.1) is 17.0 Å². The van der Waals surface area contributed by atoms with E-state index in [1.807, 2.05) is 13.0 Å². The lowest BCUT2D eigenvalue weighted by molar-refractivity contribution is 0.213. The van der Waals surface area contributed by atoms with Crippen LogP contribution in [0.2, 0.25) is 0 Å². The highest BCUT2D eigenvalue weighted by Crippen LogP contribution is 2.26. The van der Waals surface area contributed by atoms with E-state index < -0.39 is 10.0 Å². The molecule has 1 heterocycles. The number of halogens is 1. The average molecular weight is 431 g/mol. The van der Waals surface area contributed by atoms with Crippen LogP contribution in [-0.2, 0) is 10.0 Å². The fourth-order valence-electron chi connectivity index (χ4n) is 3.57. The monoisotopic (exact) mass is 430 g/mol. The number of nitrogens with zero attached hydrogens (tertiary/aromatic N) is 1. The molecule has 0 aromatic heterocycles. The lowest BCUT2D eigenvalue weighted by Crippen LogP contribution is -2.51. The molecule has 0 spiro atoms. The van der Waals surface area contributed by atoms with Crippen molar-refractivity contribution in [2.75, 3.05) is 31.5 Å². The summed E-state index contributed by atoms with van der Waals surface area (Å²) in [7, 11) is -3.78. The first-order valence-electron chi connectivity index (χ1n) is 9.75. The van der Waals surface area contributed by atoms with E-state index in [0.717, 1.165) is 29.9 Å². The molecule has 0 radical (unpaired) electrons. The van der Waals surface area contributed by atoms with Crippen LogP contribution in [0, 0.1) is 32.0 Å². The summed E-state index contributed by atoms with van der Waals surface area (Å²) in [6.07, 6.45) is 5.57. The average Bonchev–Trinajstić information content (AvgIpc) is 2.70. The molecule has 1 fully saturated rings. The minimum atomic E-state index is -3.78. The van der Waals surface area contributed by atoms with Gasteiger partial charge in [0.1, 0.15) is 5.82 Å². The van der Waals surface area contributed by atoms with Crippen LogP contribution < -0.4 is 15.8 Å². The molecule has 1 saturated heterocycles. The van der Waals surface area contributed by atoms with Crippen molar-refractivity contribution in [1.29, 1.82) is 0 Å². The summed E-state index contributed by atoms with van der Waals surface area (Å²) in [4.78, 5) is 2.30. The molecule has 4 N–H and O–H groups in total. The molecule has 0 aliphatic carbocycles. The summed E-state index contributed by atoms with van der Waals surface area (Å²) in [6.45, 7) is 6.47. The maximum atomic E-state index is 14.3. The number of nitrogens with one attached hydrogen (secondary N) is 2. The van der Waals surface area contributed by atoms with Crippen molar-refractivity contribution in [2.24, 2.45) is 5.14 Å². The highest BCUT2D eigenvalue weighted by molar-refractivity contribution is 7.89. The van der Waals surface area contributed by atoms with Gasteiger partial charge in [0.2, 0.25) is 10.0 Å². The second-order valence-corrected chi connectivity index (χ2v) is 9.22. The number of nitrogens with two attached hydrogens (primary N) is 1. The Bertz CT molecular complexity index is 1070. The molecule has 0 amide bonds. The van der Waals surface area contributed by atoms with Gasteiger partial charge in [0, 0.05) is 31.9 Å². The third kappa shape index (κ3) is 5.37. The SMILES string of the molecule is C#C[C@@H]1CN(CC(Nc2ccc(S(N)(=O)=O)cc2C)c2ccc(C)c(F)c2)CCN1. The van der Waals surface area contributed by atoms with E-state index in [1.54, 1.807) is 25.1 Å². The molecule has 8 heteroatoms. The lowest BCUT2D eigenvalue weighted by atomic mass is 10.0. The Balaban J connectivity index is 1.89. The first kappa shape index (κ1) is 22.2. The van der Waals surface area contributed by atoms with Gasteiger partial charge in [-0.3, -0.25) is 4.90 Å². The van der Waals surface area contributed by atoms with Crippen molar-refractivity contribution >= 4 is 15.7 Å². The number of hydrogen-bond donors (Lipinski definition) is 3. The maximum absolute atomic E-state index is 14.3. The third-order valence-corrected chi connectivity index (χ3v) is 6.27. The van der Waals surface area contributed by atoms with E-state index in [1.165, 1.54) is 12.1 Å². The van der Waals surface area contributed by atoms with Gasteiger partial charge in [-0.05, 0) is 54.8 Å². The number of primary sulfonamides is 1. The van der Waals surface area contributed by atoms with Gasteiger partial charge in [-0.15, -0.1) is 6.42 Å². The van der Waals surface area contributed by atoms with Gasteiger partial charge in [-0.25, -0.2) is 17.9 Å². The molecule has 1 aliphatic heterocycles. The zero-order chi connectivity index (χ0) is 21.9. The number of anilines is 1. The smallest absolute Gasteiger partial charge is 0.238 e. The molecule has 3 rings (SSSR count). The van der Waals surface area contributed by atoms with E-state index in [4.69, 9.17) is 11.6 Å². The molecule has 2 aromatic carbocycles. The Morgan fingerprint density at radius 3 is 2.70 bits per heavy atom. The summed E-state index contributed by atoms with van der Waals surface area (Å²) in [5.41, 5.74) is 2.89. The second kappa shape index (κ2) is 9.14. The van der Waals surface area contributed by atoms with E-state index in [-0.39, 0.29) is 22.8 Å². The van der Waals surface area contributed by atoms with E-state index in [2.05, 4.69) is 21.5 Å². The Labute approximate surface area is 177 Å². The van der Waals surface area contributed by atoms with Gasteiger partial charge in [-0.1, -0.05) is 18.1 Å². The molecule has 1 aliphatic rings. The Morgan fingerprint density at radius 1 is 1.30 bits per heavy atom. The number of hydrogen-bond acceptors (Lipinski definition) is 5. The molecule has 1 unspecified atom stereocenters. The Morgan fingerprint density at radius 2 is 2.07 bits per heavy atom. The van der Waals surface area contributed by atoms with Crippen LogP contribution in [0.1, 0.15) is 22.7 Å². The van der Waals surface area contributed by atoms with Gasteiger partial charge >= 0.3 is 0 Å². The quantitative estimate of drug-likeness (QED) is 0.612. The summed E-state index contributed by atoms with van der Waals surface area (Å²) in [6, 6.07) is 9.67. The fourth-order valence-corrected chi connectivity index (χ4v) is 4.17. The highest BCUT2D eigenvalue weighted by atomic mass is 32.2. The van der Waals surface area contributed by atoms with Crippen LogP contribution in [0.3, 0.4) is 0 Å². The number of benzene rings is 2. The maximum Gasteiger partial charge on any atom is 0.238 e. The van der Waals surface area contributed by atoms with Crippen LogP contribution >= 0.6 is 0 Å². The van der Waals surface area contributed by atoms with Crippen LogP contribution in [0.25, 0.3) is 0 Å². The Hall–Kier alpha value is -2.44. The molecule has 2 atom stereocenters. The standard InChI is InChI=1S/C22H27FN4O2S/c1-4-18-13-27(10-9-25-18)14-22(17-6-5-15(2)20(23)12-17)26-21-8-7-19(11-16(21)3)30(24,28)29/h1,5-8,11-12,18,22,25-26H,9-10,13-14H2,2-3H3,(H2,24,28,29)/t18-,22?/m1/s1. The zero-order valence-corrected chi connectivity index (χ0v) is 18.0. The number of terminal acetylenes is 1. The largest absolute Gasteiger partial charge is 0.377 e. The first-order chi connectivity index (χ1) is 14.2.